The molecule has 0 saturated heterocycles. The molecule has 0 fully saturated rings. The van der Waals surface area contributed by atoms with E-state index in [4.69, 9.17) is 10.2 Å². The highest BCUT2D eigenvalue weighted by Gasteiger charge is 2.17. The Hall–Kier alpha value is -1.43. The number of nitrogens with one attached hydrogen (secondary N) is 2. The highest BCUT2D eigenvalue weighted by molar-refractivity contribution is 5.99. The van der Waals surface area contributed by atoms with Crippen LogP contribution in [0.3, 0.4) is 0 Å². The van der Waals surface area contributed by atoms with Crippen LogP contribution in [0.5, 0.6) is 0 Å². The van der Waals surface area contributed by atoms with Crippen LogP contribution in [0.2, 0.25) is 0 Å². The molecule has 5 nitrogen and oxygen atoms in total. The van der Waals surface area contributed by atoms with E-state index >= 15 is 0 Å². The third-order valence-electron chi connectivity index (χ3n) is 2.98. The molecule has 5 heteroatoms. The standard InChI is InChI=1S/C13H18N2O3/c16-8-11(17)7-14-4-3-9-1-2-12-10(5-9)6-13(18)15-12/h1-2,5,11,14,16-17H,3-4,6-8H2,(H,15,18). The summed E-state index contributed by atoms with van der Waals surface area (Å²) in [7, 11) is 0. The van der Waals surface area contributed by atoms with Crippen molar-refractivity contribution >= 4 is 11.6 Å². The summed E-state index contributed by atoms with van der Waals surface area (Å²) < 4.78 is 0. The minimum absolute atomic E-state index is 0.0475. The zero-order chi connectivity index (χ0) is 13.0. The van der Waals surface area contributed by atoms with Gasteiger partial charge in [0.2, 0.25) is 5.91 Å². The lowest BCUT2D eigenvalue weighted by Gasteiger charge is -2.09. The Bertz CT molecular complexity index is 434. The van der Waals surface area contributed by atoms with Crippen LogP contribution in [-0.2, 0) is 17.6 Å². The molecule has 1 aliphatic heterocycles. The van der Waals surface area contributed by atoms with E-state index in [1.165, 1.54) is 0 Å². The summed E-state index contributed by atoms with van der Waals surface area (Å²) in [4.78, 5) is 11.2. The molecular formula is C13H18N2O3. The van der Waals surface area contributed by atoms with Gasteiger partial charge in [-0.05, 0) is 30.2 Å². The summed E-state index contributed by atoms with van der Waals surface area (Å²) >= 11 is 0. The number of carbonyl (C=O) groups is 1. The Morgan fingerprint density at radius 2 is 2.28 bits per heavy atom. The van der Waals surface area contributed by atoms with Crippen molar-refractivity contribution in [2.75, 3.05) is 25.0 Å². The number of carbonyl (C=O) groups excluding carboxylic acids is 1. The lowest BCUT2D eigenvalue weighted by atomic mass is 10.1. The molecule has 0 aromatic heterocycles. The van der Waals surface area contributed by atoms with Gasteiger partial charge in [-0.25, -0.2) is 0 Å². The van der Waals surface area contributed by atoms with Gasteiger partial charge in [0.25, 0.3) is 0 Å². The first-order valence-electron chi connectivity index (χ1n) is 6.10. The number of benzene rings is 1. The van der Waals surface area contributed by atoms with E-state index in [0.29, 0.717) is 13.0 Å². The quantitative estimate of drug-likeness (QED) is 0.521. The lowest BCUT2D eigenvalue weighted by Crippen LogP contribution is -2.30. The van der Waals surface area contributed by atoms with E-state index in [0.717, 1.165) is 29.8 Å². The van der Waals surface area contributed by atoms with Gasteiger partial charge in [0.05, 0.1) is 19.1 Å². The largest absolute Gasteiger partial charge is 0.394 e. The summed E-state index contributed by atoms with van der Waals surface area (Å²) in [5.41, 5.74) is 3.12. The minimum atomic E-state index is -0.702. The van der Waals surface area contributed by atoms with E-state index < -0.39 is 6.10 Å². The Labute approximate surface area is 106 Å². The molecule has 1 aromatic rings. The number of fused-ring (bicyclic) bond motifs is 1. The van der Waals surface area contributed by atoms with Crippen molar-refractivity contribution in [3.05, 3.63) is 29.3 Å². The van der Waals surface area contributed by atoms with Gasteiger partial charge < -0.3 is 20.8 Å². The van der Waals surface area contributed by atoms with Crippen LogP contribution < -0.4 is 10.6 Å². The molecule has 1 atom stereocenters. The molecule has 18 heavy (non-hydrogen) atoms. The molecule has 1 unspecified atom stereocenters. The van der Waals surface area contributed by atoms with E-state index in [-0.39, 0.29) is 12.5 Å². The fourth-order valence-electron chi connectivity index (χ4n) is 2.00. The van der Waals surface area contributed by atoms with E-state index in [1.54, 1.807) is 0 Å². The predicted molar refractivity (Wildman–Crippen MR) is 68.4 cm³/mol. The van der Waals surface area contributed by atoms with Gasteiger partial charge >= 0.3 is 0 Å². The van der Waals surface area contributed by atoms with Crippen LogP contribution in [0.15, 0.2) is 18.2 Å². The van der Waals surface area contributed by atoms with Gasteiger partial charge in [-0.3, -0.25) is 4.79 Å². The van der Waals surface area contributed by atoms with Crippen molar-refractivity contribution in [1.29, 1.82) is 0 Å². The molecule has 0 radical (unpaired) electrons. The highest BCUT2D eigenvalue weighted by Crippen LogP contribution is 2.23. The van der Waals surface area contributed by atoms with E-state index in [1.807, 2.05) is 18.2 Å². The van der Waals surface area contributed by atoms with Crippen molar-refractivity contribution in [2.24, 2.45) is 0 Å². The summed E-state index contributed by atoms with van der Waals surface area (Å²) in [6.45, 7) is 0.901. The molecule has 4 N–H and O–H groups in total. The Morgan fingerprint density at radius 3 is 3.06 bits per heavy atom. The Morgan fingerprint density at radius 1 is 1.44 bits per heavy atom. The van der Waals surface area contributed by atoms with Gasteiger partial charge in [0.15, 0.2) is 0 Å². The first-order chi connectivity index (χ1) is 8.69. The fraction of sp³-hybridized carbons (Fsp3) is 0.462. The van der Waals surface area contributed by atoms with E-state index in [2.05, 4.69) is 10.6 Å². The molecule has 2 rings (SSSR count). The summed E-state index contributed by atoms with van der Waals surface area (Å²) in [6, 6.07) is 5.96. The minimum Gasteiger partial charge on any atom is -0.394 e. The Balaban J connectivity index is 1.81. The first-order valence-corrected chi connectivity index (χ1v) is 6.10. The fourth-order valence-corrected chi connectivity index (χ4v) is 2.00. The second-order valence-corrected chi connectivity index (χ2v) is 4.51. The maximum absolute atomic E-state index is 11.2. The van der Waals surface area contributed by atoms with Gasteiger partial charge in [0, 0.05) is 12.2 Å². The second kappa shape index (κ2) is 5.95. The van der Waals surface area contributed by atoms with Crippen molar-refractivity contribution in [3.63, 3.8) is 0 Å². The van der Waals surface area contributed by atoms with Crippen LogP contribution >= 0.6 is 0 Å². The lowest BCUT2D eigenvalue weighted by molar-refractivity contribution is -0.115. The number of rotatable bonds is 6. The highest BCUT2D eigenvalue weighted by atomic mass is 16.3. The number of hydrogen-bond donors (Lipinski definition) is 4. The molecule has 0 saturated carbocycles. The van der Waals surface area contributed by atoms with Gasteiger partial charge in [0.1, 0.15) is 0 Å². The van der Waals surface area contributed by atoms with Gasteiger partial charge in [-0.2, -0.15) is 0 Å². The summed E-state index contributed by atoms with van der Waals surface area (Å²) in [5.74, 6) is 0.0475. The van der Waals surface area contributed by atoms with Crippen molar-refractivity contribution < 1.29 is 15.0 Å². The maximum Gasteiger partial charge on any atom is 0.228 e. The Kier molecular flexibility index (Phi) is 4.30. The predicted octanol–water partition coefficient (Wildman–Crippen LogP) is -0.334. The third kappa shape index (κ3) is 3.29. The average Bonchev–Trinajstić information content (AvgIpc) is 2.73. The second-order valence-electron chi connectivity index (χ2n) is 4.51. The molecule has 98 valence electrons. The van der Waals surface area contributed by atoms with Crippen LogP contribution in [0.4, 0.5) is 5.69 Å². The number of anilines is 1. The molecule has 0 bridgehead atoms. The number of aliphatic hydroxyl groups is 2. The average molecular weight is 250 g/mol. The molecule has 1 amide bonds. The SMILES string of the molecule is O=C1Cc2cc(CCNCC(O)CO)ccc2N1. The monoisotopic (exact) mass is 250 g/mol. The van der Waals surface area contributed by atoms with Crippen molar-refractivity contribution in [3.8, 4) is 0 Å². The molecule has 1 heterocycles. The molecule has 1 aliphatic rings. The van der Waals surface area contributed by atoms with Crippen LogP contribution in [0, 0.1) is 0 Å². The number of hydrogen-bond acceptors (Lipinski definition) is 4. The van der Waals surface area contributed by atoms with E-state index in [9.17, 15) is 4.79 Å². The van der Waals surface area contributed by atoms with Crippen molar-refractivity contribution in [2.45, 2.75) is 18.9 Å². The topological polar surface area (TPSA) is 81.6 Å². The van der Waals surface area contributed by atoms with Crippen LogP contribution in [0.25, 0.3) is 0 Å². The number of aliphatic hydroxyl groups excluding tert-OH is 2. The molecule has 0 spiro atoms. The smallest absolute Gasteiger partial charge is 0.228 e. The summed E-state index contributed by atoms with van der Waals surface area (Å²) in [5, 5.41) is 23.7. The molecule has 1 aromatic carbocycles. The molecular weight excluding hydrogens is 232 g/mol. The zero-order valence-corrected chi connectivity index (χ0v) is 10.1. The normalized spacial score (nSPS) is 15.3. The molecule has 0 aliphatic carbocycles. The first kappa shape index (κ1) is 13.0. The van der Waals surface area contributed by atoms with Crippen LogP contribution in [-0.4, -0.2) is 41.9 Å². The zero-order valence-electron chi connectivity index (χ0n) is 10.1. The summed E-state index contributed by atoms with van der Waals surface area (Å²) in [6.07, 6.45) is 0.589. The third-order valence-corrected chi connectivity index (χ3v) is 2.98. The van der Waals surface area contributed by atoms with Gasteiger partial charge in [-0.15, -0.1) is 0 Å². The van der Waals surface area contributed by atoms with Gasteiger partial charge in [-0.1, -0.05) is 12.1 Å². The van der Waals surface area contributed by atoms with Crippen LogP contribution in [0.1, 0.15) is 11.1 Å². The number of amides is 1. The maximum atomic E-state index is 11.2. The van der Waals surface area contributed by atoms with Crippen molar-refractivity contribution in [1.82, 2.24) is 5.32 Å².